The molecule has 7 heteroatoms. The average molecular weight is 262 g/mol. The Morgan fingerprint density at radius 3 is 3.06 bits per heavy atom. The van der Waals surface area contributed by atoms with Crippen molar-refractivity contribution in [2.24, 2.45) is 5.10 Å². The van der Waals surface area contributed by atoms with Crippen molar-refractivity contribution in [2.45, 2.75) is 0 Å². The third kappa shape index (κ3) is 1.92. The highest BCUT2D eigenvalue weighted by molar-refractivity contribution is 8.14. The van der Waals surface area contributed by atoms with Gasteiger partial charge in [-0.1, -0.05) is 11.8 Å². The number of benzene rings is 1. The van der Waals surface area contributed by atoms with E-state index in [1.807, 2.05) is 18.2 Å². The van der Waals surface area contributed by atoms with Crippen molar-refractivity contribution in [3.8, 4) is 5.75 Å². The van der Waals surface area contributed by atoms with E-state index in [2.05, 4.69) is 20.5 Å². The van der Waals surface area contributed by atoms with Crippen LogP contribution in [0.1, 0.15) is 5.82 Å². The third-order valence-corrected chi connectivity index (χ3v) is 3.36. The molecule has 1 amide bonds. The molecule has 3 rings (SSSR count). The predicted molar refractivity (Wildman–Crippen MR) is 70.2 cm³/mol. The van der Waals surface area contributed by atoms with E-state index in [1.54, 1.807) is 7.11 Å². The molecule has 2 N–H and O–H groups in total. The molecule has 0 radical (unpaired) electrons. The number of nitrogens with zero attached hydrogens (tertiary/aromatic N) is 2. The molecule has 1 aliphatic heterocycles. The van der Waals surface area contributed by atoms with Gasteiger partial charge in [0.15, 0.2) is 5.82 Å². The fourth-order valence-electron chi connectivity index (χ4n) is 1.69. The van der Waals surface area contributed by atoms with Crippen LogP contribution in [0.2, 0.25) is 0 Å². The molecule has 0 bridgehead atoms. The smallest absolute Gasteiger partial charge is 0.299 e. The van der Waals surface area contributed by atoms with Gasteiger partial charge in [-0.2, -0.15) is 5.10 Å². The summed E-state index contributed by atoms with van der Waals surface area (Å²) in [5, 5.41) is 3.85. The molecule has 0 saturated heterocycles. The number of imidazole rings is 1. The lowest BCUT2D eigenvalue weighted by molar-refractivity contribution is 0.261. The predicted octanol–water partition coefficient (Wildman–Crippen LogP) is 1.73. The van der Waals surface area contributed by atoms with Crippen LogP contribution in [-0.2, 0) is 0 Å². The van der Waals surface area contributed by atoms with Crippen LogP contribution in [0.25, 0.3) is 11.0 Å². The van der Waals surface area contributed by atoms with Gasteiger partial charge in [0.05, 0.1) is 23.9 Å². The number of hydrazone groups is 1. The van der Waals surface area contributed by atoms with Gasteiger partial charge in [-0.25, -0.2) is 10.4 Å². The summed E-state index contributed by atoms with van der Waals surface area (Å²) in [6.45, 7) is 0. The highest BCUT2D eigenvalue weighted by Crippen LogP contribution is 2.20. The molecule has 1 aliphatic rings. The second kappa shape index (κ2) is 4.34. The minimum Gasteiger partial charge on any atom is -0.497 e. The number of thioether (sulfide) groups is 1. The maximum atomic E-state index is 11.0. The topological polar surface area (TPSA) is 79.4 Å². The number of nitrogens with one attached hydrogen (secondary N) is 2. The lowest BCUT2D eigenvalue weighted by Gasteiger charge is -2.08. The molecule has 0 saturated carbocycles. The Morgan fingerprint density at radius 1 is 1.44 bits per heavy atom. The molecule has 0 aliphatic carbocycles. The quantitative estimate of drug-likeness (QED) is 0.863. The number of methoxy groups -OCH3 is 1. The zero-order valence-corrected chi connectivity index (χ0v) is 10.4. The van der Waals surface area contributed by atoms with Crippen LogP contribution >= 0.6 is 11.8 Å². The molecular formula is C11H10N4O2S. The summed E-state index contributed by atoms with van der Waals surface area (Å²) in [7, 11) is 1.62. The number of aromatic amines is 1. The van der Waals surface area contributed by atoms with Crippen LogP contribution in [0.3, 0.4) is 0 Å². The van der Waals surface area contributed by atoms with Crippen LogP contribution < -0.4 is 10.2 Å². The van der Waals surface area contributed by atoms with Crippen molar-refractivity contribution in [1.29, 1.82) is 0 Å². The van der Waals surface area contributed by atoms with Gasteiger partial charge in [0.25, 0.3) is 5.24 Å². The Hall–Kier alpha value is -2.02. The molecule has 92 valence electrons. The SMILES string of the molecule is COc1ccc2nc(C3=NNC(=O)SC3)[nH]c2c1. The molecule has 0 spiro atoms. The number of fused-ring (bicyclic) bond motifs is 1. The Balaban J connectivity index is 2.00. The van der Waals surface area contributed by atoms with Crippen molar-refractivity contribution in [3.05, 3.63) is 24.0 Å². The molecule has 6 nitrogen and oxygen atoms in total. The van der Waals surface area contributed by atoms with Crippen LogP contribution in [0.4, 0.5) is 4.79 Å². The van der Waals surface area contributed by atoms with E-state index in [-0.39, 0.29) is 5.24 Å². The molecule has 0 unspecified atom stereocenters. The van der Waals surface area contributed by atoms with Gasteiger partial charge in [-0.3, -0.25) is 4.79 Å². The monoisotopic (exact) mass is 262 g/mol. The number of carbonyl (C=O) groups is 1. The van der Waals surface area contributed by atoms with Crippen molar-refractivity contribution >= 4 is 33.7 Å². The molecule has 2 aromatic rings. The highest BCUT2D eigenvalue weighted by Gasteiger charge is 2.17. The molecule has 2 heterocycles. The number of carbonyl (C=O) groups excluding carboxylic acids is 1. The van der Waals surface area contributed by atoms with Gasteiger partial charge in [0, 0.05) is 6.07 Å². The second-order valence-electron chi connectivity index (χ2n) is 3.71. The first-order valence-electron chi connectivity index (χ1n) is 5.30. The van der Waals surface area contributed by atoms with Gasteiger partial charge in [0.1, 0.15) is 11.5 Å². The fourth-order valence-corrected chi connectivity index (χ4v) is 2.26. The van der Waals surface area contributed by atoms with E-state index >= 15 is 0 Å². The summed E-state index contributed by atoms with van der Waals surface area (Å²) >= 11 is 1.17. The van der Waals surface area contributed by atoms with Crippen molar-refractivity contribution < 1.29 is 9.53 Å². The molecular weight excluding hydrogens is 252 g/mol. The molecule has 1 aromatic carbocycles. The number of amides is 1. The Morgan fingerprint density at radius 2 is 2.33 bits per heavy atom. The zero-order valence-electron chi connectivity index (χ0n) is 9.56. The summed E-state index contributed by atoms with van der Waals surface area (Å²) in [5.41, 5.74) is 4.88. The standard InChI is InChI=1S/C11H10N4O2S/c1-17-6-2-3-7-8(4-6)13-10(12-7)9-5-18-11(16)15-14-9/h2-4H,5H2,1H3,(H,12,13)(H,15,16). The van der Waals surface area contributed by atoms with E-state index in [0.29, 0.717) is 11.6 Å². The van der Waals surface area contributed by atoms with Crippen LogP contribution in [-0.4, -0.2) is 33.8 Å². The van der Waals surface area contributed by atoms with Crippen LogP contribution in [0.5, 0.6) is 5.75 Å². The number of aromatic nitrogens is 2. The largest absolute Gasteiger partial charge is 0.497 e. The van der Waals surface area contributed by atoms with E-state index in [9.17, 15) is 4.79 Å². The summed E-state index contributed by atoms with van der Waals surface area (Å²) in [4.78, 5) is 18.6. The first-order valence-corrected chi connectivity index (χ1v) is 6.28. The van der Waals surface area contributed by atoms with E-state index in [4.69, 9.17) is 4.74 Å². The van der Waals surface area contributed by atoms with Crippen LogP contribution in [0.15, 0.2) is 23.3 Å². The summed E-state index contributed by atoms with van der Waals surface area (Å²) in [6.07, 6.45) is 0. The van der Waals surface area contributed by atoms with Crippen molar-refractivity contribution in [2.75, 3.05) is 12.9 Å². The van der Waals surface area contributed by atoms with Gasteiger partial charge >= 0.3 is 0 Å². The summed E-state index contributed by atoms with van der Waals surface area (Å²) in [5.74, 6) is 1.96. The van der Waals surface area contributed by atoms with E-state index < -0.39 is 0 Å². The van der Waals surface area contributed by atoms with Crippen molar-refractivity contribution in [1.82, 2.24) is 15.4 Å². The lowest BCUT2D eigenvalue weighted by Crippen LogP contribution is -2.24. The number of hydrogen-bond acceptors (Lipinski definition) is 5. The van der Waals surface area contributed by atoms with E-state index in [0.717, 1.165) is 22.5 Å². The zero-order chi connectivity index (χ0) is 12.5. The summed E-state index contributed by atoms with van der Waals surface area (Å²) < 4.78 is 5.15. The first-order chi connectivity index (χ1) is 8.76. The number of hydrogen-bond donors (Lipinski definition) is 2. The number of rotatable bonds is 2. The molecule has 0 atom stereocenters. The maximum Gasteiger partial charge on any atom is 0.299 e. The number of ether oxygens (including phenoxy) is 1. The molecule has 18 heavy (non-hydrogen) atoms. The fraction of sp³-hybridized carbons (Fsp3) is 0.182. The van der Waals surface area contributed by atoms with Crippen molar-refractivity contribution in [3.63, 3.8) is 0 Å². The van der Waals surface area contributed by atoms with Gasteiger partial charge < -0.3 is 9.72 Å². The minimum absolute atomic E-state index is 0.142. The summed E-state index contributed by atoms with van der Waals surface area (Å²) in [6, 6.07) is 5.61. The normalized spacial score (nSPS) is 15.4. The molecule has 0 fully saturated rings. The molecule has 1 aromatic heterocycles. The lowest BCUT2D eigenvalue weighted by atomic mass is 10.3. The Labute approximate surface area is 107 Å². The average Bonchev–Trinajstić information content (AvgIpc) is 2.82. The van der Waals surface area contributed by atoms with Gasteiger partial charge in [-0.15, -0.1) is 0 Å². The van der Waals surface area contributed by atoms with Crippen LogP contribution in [0, 0.1) is 0 Å². The second-order valence-corrected chi connectivity index (χ2v) is 4.66. The Bertz CT molecular complexity index is 650. The maximum absolute atomic E-state index is 11.0. The van der Waals surface area contributed by atoms with Gasteiger partial charge in [-0.05, 0) is 12.1 Å². The number of H-pyrrole nitrogens is 1. The minimum atomic E-state index is -0.142. The Kier molecular flexibility index (Phi) is 2.67. The van der Waals surface area contributed by atoms with Gasteiger partial charge in [0.2, 0.25) is 0 Å². The first kappa shape index (κ1) is 11.1. The third-order valence-electron chi connectivity index (χ3n) is 2.58. The van der Waals surface area contributed by atoms with E-state index in [1.165, 1.54) is 11.8 Å². The highest BCUT2D eigenvalue weighted by atomic mass is 32.2.